The number of nitrogens with two attached hydrogens (primary N) is 1. The van der Waals surface area contributed by atoms with Crippen LogP contribution >= 0.6 is 0 Å². The first kappa shape index (κ1) is 16.6. The SMILES string of the molecule is CCCn1cc2nc3c(C(O)CC(C)C)cccc3c(N)c2c1O. The van der Waals surface area contributed by atoms with Gasteiger partial charge in [-0.25, -0.2) is 4.98 Å². The van der Waals surface area contributed by atoms with Gasteiger partial charge in [-0.05, 0) is 18.8 Å². The van der Waals surface area contributed by atoms with Crippen LogP contribution in [-0.4, -0.2) is 19.8 Å². The Kier molecular flexibility index (Phi) is 4.37. The number of nitrogens with zero attached hydrogens (tertiary/aromatic N) is 2. The predicted molar refractivity (Wildman–Crippen MR) is 98.0 cm³/mol. The van der Waals surface area contributed by atoms with Crippen LogP contribution in [-0.2, 0) is 6.54 Å². The van der Waals surface area contributed by atoms with Crippen molar-refractivity contribution in [3.63, 3.8) is 0 Å². The summed E-state index contributed by atoms with van der Waals surface area (Å²) in [7, 11) is 0. The molecule has 5 heteroatoms. The normalized spacial score (nSPS) is 13.2. The average Bonchev–Trinajstić information content (AvgIpc) is 2.83. The molecule has 0 radical (unpaired) electrons. The lowest BCUT2D eigenvalue weighted by Crippen LogP contribution is -2.04. The van der Waals surface area contributed by atoms with Gasteiger partial charge in [-0.3, -0.25) is 0 Å². The average molecular weight is 327 g/mol. The Labute approximate surface area is 141 Å². The van der Waals surface area contributed by atoms with E-state index >= 15 is 0 Å². The minimum absolute atomic E-state index is 0.159. The highest BCUT2D eigenvalue weighted by molar-refractivity contribution is 6.09. The molecule has 3 aromatic rings. The maximum Gasteiger partial charge on any atom is 0.202 e. The number of hydrogen-bond donors (Lipinski definition) is 3. The monoisotopic (exact) mass is 327 g/mol. The van der Waals surface area contributed by atoms with E-state index in [0.29, 0.717) is 41.0 Å². The summed E-state index contributed by atoms with van der Waals surface area (Å²) in [6, 6.07) is 5.67. The number of benzene rings is 1. The molecule has 2 heterocycles. The molecule has 0 spiro atoms. The molecule has 0 fully saturated rings. The van der Waals surface area contributed by atoms with Gasteiger partial charge in [0.1, 0.15) is 0 Å². The van der Waals surface area contributed by atoms with Crippen molar-refractivity contribution in [3.8, 4) is 5.88 Å². The number of nitrogen functional groups attached to an aromatic ring is 1. The van der Waals surface area contributed by atoms with Crippen LogP contribution in [0.3, 0.4) is 0 Å². The molecule has 5 nitrogen and oxygen atoms in total. The summed E-state index contributed by atoms with van der Waals surface area (Å²) < 4.78 is 1.77. The van der Waals surface area contributed by atoms with Gasteiger partial charge in [-0.2, -0.15) is 0 Å². The number of aryl methyl sites for hydroxylation is 1. The fourth-order valence-corrected chi connectivity index (χ4v) is 3.29. The zero-order chi connectivity index (χ0) is 17.4. The first-order valence-corrected chi connectivity index (χ1v) is 8.52. The number of hydrogen-bond acceptors (Lipinski definition) is 4. The smallest absolute Gasteiger partial charge is 0.202 e. The van der Waals surface area contributed by atoms with Crippen molar-refractivity contribution in [1.29, 1.82) is 0 Å². The zero-order valence-electron chi connectivity index (χ0n) is 14.5. The molecule has 0 bridgehead atoms. The minimum atomic E-state index is -0.579. The van der Waals surface area contributed by atoms with Crippen LogP contribution in [0.15, 0.2) is 24.4 Å². The molecule has 1 atom stereocenters. The molecule has 3 rings (SSSR count). The van der Waals surface area contributed by atoms with Crippen LogP contribution in [0.4, 0.5) is 5.69 Å². The van der Waals surface area contributed by atoms with E-state index < -0.39 is 6.10 Å². The van der Waals surface area contributed by atoms with Gasteiger partial charge in [-0.1, -0.05) is 39.0 Å². The number of aromatic nitrogens is 2. The van der Waals surface area contributed by atoms with E-state index in [1.807, 2.05) is 24.4 Å². The number of aliphatic hydroxyl groups is 1. The maximum absolute atomic E-state index is 10.6. The molecule has 2 aromatic heterocycles. The Bertz CT molecular complexity index is 883. The fourth-order valence-electron chi connectivity index (χ4n) is 3.29. The number of aromatic hydroxyl groups is 1. The topological polar surface area (TPSA) is 84.3 Å². The van der Waals surface area contributed by atoms with E-state index in [9.17, 15) is 10.2 Å². The third kappa shape index (κ3) is 2.69. The van der Waals surface area contributed by atoms with Gasteiger partial charge in [0.2, 0.25) is 5.88 Å². The Hall–Kier alpha value is -2.27. The van der Waals surface area contributed by atoms with Crippen molar-refractivity contribution < 1.29 is 10.2 Å². The minimum Gasteiger partial charge on any atom is -0.494 e. The lowest BCUT2D eigenvalue weighted by atomic mass is 9.96. The largest absolute Gasteiger partial charge is 0.494 e. The Morgan fingerprint density at radius 3 is 2.71 bits per heavy atom. The highest BCUT2D eigenvalue weighted by Crippen LogP contribution is 2.38. The number of fused-ring (bicyclic) bond motifs is 2. The van der Waals surface area contributed by atoms with Crippen molar-refractivity contribution in [1.82, 2.24) is 9.55 Å². The summed E-state index contributed by atoms with van der Waals surface area (Å²) in [6.45, 7) is 6.92. The highest BCUT2D eigenvalue weighted by Gasteiger charge is 2.19. The van der Waals surface area contributed by atoms with Gasteiger partial charge in [0, 0.05) is 23.7 Å². The molecular formula is C19H25N3O2. The van der Waals surface area contributed by atoms with E-state index in [1.54, 1.807) is 4.57 Å². The Balaban J connectivity index is 2.26. The second-order valence-electron chi connectivity index (χ2n) is 6.82. The summed E-state index contributed by atoms with van der Waals surface area (Å²) in [6.07, 6.45) is 2.83. The Morgan fingerprint density at radius 1 is 1.29 bits per heavy atom. The number of rotatable bonds is 5. The summed E-state index contributed by atoms with van der Waals surface area (Å²) in [4.78, 5) is 4.71. The van der Waals surface area contributed by atoms with Crippen LogP contribution in [0.25, 0.3) is 21.8 Å². The first-order chi connectivity index (χ1) is 11.4. The molecule has 0 amide bonds. The predicted octanol–water partition coefficient (Wildman–Crippen LogP) is 3.97. The van der Waals surface area contributed by atoms with Crippen molar-refractivity contribution in [2.24, 2.45) is 5.92 Å². The quantitative estimate of drug-likeness (QED) is 0.662. The number of para-hydroxylation sites is 1. The molecular weight excluding hydrogens is 302 g/mol. The standard InChI is InChI=1S/C19H25N3O2/c1-4-8-22-10-14-16(19(22)24)17(20)13-7-5-6-12(18(13)21-14)15(23)9-11(2)3/h5-7,10-11,15,23-24H,4,8-9,20H2,1-3H3. The summed E-state index contributed by atoms with van der Waals surface area (Å²) in [5.74, 6) is 0.540. The van der Waals surface area contributed by atoms with E-state index in [2.05, 4.69) is 20.8 Å². The van der Waals surface area contributed by atoms with Crippen LogP contribution in [0.2, 0.25) is 0 Å². The molecule has 128 valence electrons. The lowest BCUT2D eigenvalue weighted by molar-refractivity contribution is 0.152. The van der Waals surface area contributed by atoms with Gasteiger partial charge < -0.3 is 20.5 Å². The molecule has 0 aliphatic rings. The van der Waals surface area contributed by atoms with E-state index in [4.69, 9.17) is 10.7 Å². The second-order valence-corrected chi connectivity index (χ2v) is 6.82. The summed E-state index contributed by atoms with van der Waals surface area (Å²) in [5, 5.41) is 22.4. The maximum atomic E-state index is 10.6. The highest BCUT2D eigenvalue weighted by atomic mass is 16.3. The third-order valence-corrected chi connectivity index (χ3v) is 4.41. The summed E-state index contributed by atoms with van der Waals surface area (Å²) in [5.41, 5.74) is 9.02. The van der Waals surface area contributed by atoms with Crippen molar-refractivity contribution >= 4 is 27.5 Å². The molecule has 1 aromatic carbocycles. The molecule has 24 heavy (non-hydrogen) atoms. The van der Waals surface area contributed by atoms with Gasteiger partial charge >= 0.3 is 0 Å². The fraction of sp³-hybridized carbons (Fsp3) is 0.421. The van der Waals surface area contributed by atoms with Gasteiger partial charge in [0.25, 0.3) is 0 Å². The van der Waals surface area contributed by atoms with Crippen molar-refractivity contribution in [2.45, 2.75) is 46.3 Å². The van der Waals surface area contributed by atoms with Gasteiger partial charge in [-0.15, -0.1) is 0 Å². The number of anilines is 1. The molecule has 0 saturated carbocycles. The van der Waals surface area contributed by atoms with Crippen molar-refractivity contribution in [3.05, 3.63) is 30.0 Å². The third-order valence-electron chi connectivity index (χ3n) is 4.41. The molecule has 0 saturated heterocycles. The van der Waals surface area contributed by atoms with E-state index in [0.717, 1.165) is 17.4 Å². The Morgan fingerprint density at radius 2 is 2.04 bits per heavy atom. The van der Waals surface area contributed by atoms with Crippen LogP contribution < -0.4 is 5.73 Å². The summed E-state index contributed by atoms with van der Waals surface area (Å²) >= 11 is 0. The van der Waals surface area contributed by atoms with Crippen LogP contribution in [0, 0.1) is 5.92 Å². The van der Waals surface area contributed by atoms with Crippen LogP contribution in [0.5, 0.6) is 5.88 Å². The molecule has 4 N–H and O–H groups in total. The molecule has 1 unspecified atom stereocenters. The van der Waals surface area contributed by atoms with E-state index in [-0.39, 0.29) is 5.88 Å². The number of pyridine rings is 1. The zero-order valence-corrected chi connectivity index (χ0v) is 14.5. The lowest BCUT2D eigenvalue weighted by Gasteiger charge is -2.16. The van der Waals surface area contributed by atoms with Gasteiger partial charge in [0.05, 0.1) is 28.2 Å². The second kappa shape index (κ2) is 6.32. The number of aliphatic hydroxyl groups excluding tert-OH is 1. The van der Waals surface area contributed by atoms with Gasteiger partial charge in [0.15, 0.2) is 0 Å². The molecule has 0 aliphatic heterocycles. The van der Waals surface area contributed by atoms with Crippen LogP contribution in [0.1, 0.15) is 45.3 Å². The molecule has 0 aliphatic carbocycles. The first-order valence-electron chi connectivity index (χ1n) is 8.52. The van der Waals surface area contributed by atoms with E-state index in [1.165, 1.54) is 0 Å². The van der Waals surface area contributed by atoms with Crippen molar-refractivity contribution in [2.75, 3.05) is 5.73 Å².